The average molecular weight is 358 g/mol. The van der Waals surface area contributed by atoms with E-state index >= 15 is 0 Å². The molecule has 2 aromatic carbocycles. The number of aliphatic carboxylic acids is 1. The Morgan fingerprint density at radius 2 is 1.54 bits per heavy atom. The molecule has 0 aliphatic carbocycles. The highest BCUT2D eigenvalue weighted by atomic mass is 32.2. The molecule has 1 unspecified atom stereocenters. The molecular formula is C16H13F3O4S. The summed E-state index contributed by atoms with van der Waals surface area (Å²) in [6, 6.07) is 12.4. The van der Waals surface area contributed by atoms with Gasteiger partial charge in [0.1, 0.15) is 0 Å². The molecule has 0 radical (unpaired) electrons. The number of carbonyl (C=O) groups is 1. The van der Waals surface area contributed by atoms with Gasteiger partial charge in [0, 0.05) is 0 Å². The van der Waals surface area contributed by atoms with Gasteiger partial charge < -0.3 is 5.11 Å². The largest absolute Gasteiger partial charge is 0.501 e. The van der Waals surface area contributed by atoms with E-state index in [4.69, 9.17) is 0 Å². The summed E-state index contributed by atoms with van der Waals surface area (Å²) in [6.45, 7) is 0. The third kappa shape index (κ3) is 3.76. The van der Waals surface area contributed by atoms with Gasteiger partial charge in [0.25, 0.3) is 9.84 Å². The number of hydrogen-bond donors (Lipinski definition) is 1. The summed E-state index contributed by atoms with van der Waals surface area (Å²) in [5.41, 5.74) is -4.40. The summed E-state index contributed by atoms with van der Waals surface area (Å²) in [6.07, 6.45) is 0.0334. The van der Waals surface area contributed by atoms with Crippen molar-refractivity contribution in [2.45, 2.75) is 22.7 Å². The van der Waals surface area contributed by atoms with Gasteiger partial charge in [-0.2, -0.15) is 13.2 Å². The average Bonchev–Trinajstić information content (AvgIpc) is 2.52. The maximum absolute atomic E-state index is 12.5. The Kier molecular flexibility index (Phi) is 4.98. The third-order valence-electron chi connectivity index (χ3n) is 3.48. The first-order chi connectivity index (χ1) is 11.1. The summed E-state index contributed by atoms with van der Waals surface area (Å²) in [5.74, 6) is -1.95. The molecule has 0 spiro atoms. The lowest BCUT2D eigenvalue weighted by Gasteiger charge is -2.13. The molecule has 0 heterocycles. The molecule has 1 atom stereocenters. The van der Waals surface area contributed by atoms with E-state index in [0.29, 0.717) is 11.1 Å². The van der Waals surface area contributed by atoms with E-state index in [0.717, 1.165) is 12.1 Å². The van der Waals surface area contributed by atoms with Crippen molar-refractivity contribution in [3.63, 3.8) is 0 Å². The van der Waals surface area contributed by atoms with Crippen LogP contribution in [0.25, 0.3) is 0 Å². The summed E-state index contributed by atoms with van der Waals surface area (Å²) >= 11 is 0. The topological polar surface area (TPSA) is 71.4 Å². The number of hydrogen-bond acceptors (Lipinski definition) is 3. The zero-order chi connectivity index (χ0) is 18.0. The molecular weight excluding hydrogens is 345 g/mol. The van der Waals surface area contributed by atoms with Crippen LogP contribution in [0.2, 0.25) is 0 Å². The smallest absolute Gasteiger partial charge is 0.481 e. The lowest BCUT2D eigenvalue weighted by atomic mass is 9.92. The van der Waals surface area contributed by atoms with Crippen LogP contribution in [0.3, 0.4) is 0 Å². The fourth-order valence-corrected chi connectivity index (χ4v) is 2.97. The minimum Gasteiger partial charge on any atom is -0.481 e. The number of benzene rings is 2. The van der Waals surface area contributed by atoms with Gasteiger partial charge in [-0.05, 0) is 29.7 Å². The lowest BCUT2D eigenvalue weighted by Crippen LogP contribution is -2.23. The summed E-state index contributed by atoms with van der Waals surface area (Å²) in [5, 5.41) is 9.33. The fraction of sp³-hybridized carbons (Fsp3) is 0.188. The number of carboxylic acid groups (broad SMARTS) is 1. The van der Waals surface area contributed by atoms with Crippen molar-refractivity contribution >= 4 is 15.8 Å². The number of carboxylic acids is 1. The minimum absolute atomic E-state index is 0.0334. The van der Waals surface area contributed by atoms with Gasteiger partial charge >= 0.3 is 11.5 Å². The molecule has 0 aromatic heterocycles. The minimum atomic E-state index is -5.41. The first-order valence-electron chi connectivity index (χ1n) is 6.81. The Hall–Kier alpha value is -2.35. The molecule has 128 valence electrons. The molecule has 0 aliphatic heterocycles. The van der Waals surface area contributed by atoms with Crippen molar-refractivity contribution in [2.75, 3.05) is 0 Å². The van der Waals surface area contributed by atoms with Crippen LogP contribution in [-0.4, -0.2) is 25.0 Å². The van der Waals surface area contributed by atoms with Crippen LogP contribution in [0.1, 0.15) is 17.0 Å². The molecule has 24 heavy (non-hydrogen) atoms. The number of sulfone groups is 1. The molecule has 4 nitrogen and oxygen atoms in total. The SMILES string of the molecule is O=C(O)C(Cc1ccc(S(=O)(=O)C(F)(F)F)cc1)c1ccccc1. The van der Waals surface area contributed by atoms with Crippen molar-refractivity contribution in [1.29, 1.82) is 0 Å². The Balaban J connectivity index is 2.27. The highest BCUT2D eigenvalue weighted by Crippen LogP contribution is 2.30. The molecule has 2 rings (SSSR count). The molecule has 2 aromatic rings. The van der Waals surface area contributed by atoms with E-state index in [2.05, 4.69) is 0 Å². The second-order valence-corrected chi connectivity index (χ2v) is 7.04. The Morgan fingerprint density at radius 3 is 2.00 bits per heavy atom. The van der Waals surface area contributed by atoms with Gasteiger partial charge in [-0.3, -0.25) is 4.79 Å². The number of halogens is 3. The molecule has 0 saturated heterocycles. The summed E-state index contributed by atoms with van der Waals surface area (Å²) in [4.78, 5) is 10.5. The first-order valence-corrected chi connectivity index (χ1v) is 8.29. The number of rotatable bonds is 5. The molecule has 0 saturated carbocycles. The predicted molar refractivity (Wildman–Crippen MR) is 80.2 cm³/mol. The second kappa shape index (κ2) is 6.64. The Morgan fingerprint density at radius 1 is 1.00 bits per heavy atom. The molecule has 0 fully saturated rings. The van der Waals surface area contributed by atoms with Crippen LogP contribution >= 0.6 is 0 Å². The normalized spacial score (nSPS) is 13.5. The monoisotopic (exact) mass is 358 g/mol. The maximum Gasteiger partial charge on any atom is 0.501 e. The highest BCUT2D eigenvalue weighted by Gasteiger charge is 2.46. The van der Waals surface area contributed by atoms with Gasteiger partial charge in [-0.15, -0.1) is 0 Å². The lowest BCUT2D eigenvalue weighted by molar-refractivity contribution is -0.138. The first kappa shape index (κ1) is 18.0. The molecule has 8 heteroatoms. The zero-order valence-electron chi connectivity index (χ0n) is 12.2. The Bertz CT molecular complexity index is 813. The second-order valence-electron chi connectivity index (χ2n) is 5.10. The van der Waals surface area contributed by atoms with Crippen molar-refractivity contribution in [3.05, 3.63) is 65.7 Å². The number of alkyl halides is 3. The van der Waals surface area contributed by atoms with Crippen LogP contribution in [-0.2, 0) is 21.1 Å². The summed E-state index contributed by atoms with van der Waals surface area (Å²) < 4.78 is 60.1. The third-order valence-corrected chi connectivity index (χ3v) is 4.98. The van der Waals surface area contributed by atoms with Crippen molar-refractivity contribution in [2.24, 2.45) is 0 Å². The van der Waals surface area contributed by atoms with Crippen molar-refractivity contribution < 1.29 is 31.5 Å². The van der Waals surface area contributed by atoms with Crippen molar-refractivity contribution in [1.82, 2.24) is 0 Å². The molecule has 1 N–H and O–H groups in total. The van der Waals surface area contributed by atoms with Crippen LogP contribution in [0.5, 0.6) is 0 Å². The quantitative estimate of drug-likeness (QED) is 0.889. The molecule has 0 bridgehead atoms. The van der Waals surface area contributed by atoms with Gasteiger partial charge in [0.2, 0.25) is 0 Å². The van der Waals surface area contributed by atoms with Gasteiger partial charge in [-0.1, -0.05) is 42.5 Å². The molecule has 0 aliphatic rings. The van der Waals surface area contributed by atoms with E-state index in [1.807, 2.05) is 0 Å². The van der Waals surface area contributed by atoms with Crippen LogP contribution in [0, 0.1) is 0 Å². The fourth-order valence-electron chi connectivity index (χ4n) is 2.21. The van der Waals surface area contributed by atoms with Crippen LogP contribution in [0.4, 0.5) is 13.2 Å². The van der Waals surface area contributed by atoms with Gasteiger partial charge in [0.15, 0.2) is 0 Å². The predicted octanol–water partition coefficient (Wildman–Crippen LogP) is 3.39. The Labute approximate surface area is 136 Å². The van der Waals surface area contributed by atoms with Crippen LogP contribution in [0.15, 0.2) is 59.5 Å². The van der Waals surface area contributed by atoms with Gasteiger partial charge in [0.05, 0.1) is 10.8 Å². The summed E-state index contributed by atoms with van der Waals surface area (Å²) in [7, 11) is -5.41. The highest BCUT2D eigenvalue weighted by molar-refractivity contribution is 7.92. The standard InChI is InChI=1S/C16H13F3O4S/c17-16(18,19)24(22,23)13-8-6-11(7-9-13)10-14(15(20)21)12-4-2-1-3-5-12/h1-9,14H,10H2,(H,20,21). The van der Waals surface area contributed by atoms with Gasteiger partial charge in [-0.25, -0.2) is 8.42 Å². The van der Waals surface area contributed by atoms with Crippen LogP contribution < -0.4 is 0 Å². The van der Waals surface area contributed by atoms with E-state index in [-0.39, 0.29) is 6.42 Å². The maximum atomic E-state index is 12.5. The van der Waals surface area contributed by atoms with E-state index < -0.39 is 32.1 Å². The zero-order valence-corrected chi connectivity index (χ0v) is 13.0. The van der Waals surface area contributed by atoms with E-state index in [9.17, 15) is 31.5 Å². The van der Waals surface area contributed by atoms with Crippen molar-refractivity contribution in [3.8, 4) is 0 Å². The van der Waals surface area contributed by atoms with E-state index in [1.165, 1.54) is 12.1 Å². The van der Waals surface area contributed by atoms with E-state index in [1.54, 1.807) is 30.3 Å². The molecule has 0 amide bonds.